The summed E-state index contributed by atoms with van der Waals surface area (Å²) < 4.78 is 1.67. The Bertz CT molecular complexity index is 764. The van der Waals surface area contributed by atoms with Gasteiger partial charge in [-0.2, -0.15) is 4.68 Å². The maximum Gasteiger partial charge on any atom is 0.164 e. The topological polar surface area (TPSA) is 94.5 Å². The summed E-state index contributed by atoms with van der Waals surface area (Å²) in [5.41, 5.74) is 3.47. The molecule has 0 amide bonds. The van der Waals surface area contributed by atoms with Gasteiger partial charge < -0.3 is 5.43 Å². The molecule has 2 heterocycles. The van der Waals surface area contributed by atoms with Crippen molar-refractivity contribution in [3.8, 4) is 17.2 Å². The first-order chi connectivity index (χ1) is 10.2. The van der Waals surface area contributed by atoms with Crippen LogP contribution in [0.15, 0.2) is 36.4 Å². The van der Waals surface area contributed by atoms with Crippen molar-refractivity contribution >= 4 is 5.82 Å². The fourth-order valence-electron chi connectivity index (χ4n) is 2.07. The largest absolute Gasteiger partial charge is 0.308 e. The summed E-state index contributed by atoms with van der Waals surface area (Å²) in [5, 5.41) is 4.34. The number of nitrogens with two attached hydrogens (primary N) is 1. The molecule has 3 rings (SSSR count). The third-order valence-electron chi connectivity index (χ3n) is 2.98. The first-order valence-electron chi connectivity index (χ1n) is 6.49. The van der Waals surface area contributed by atoms with Crippen molar-refractivity contribution in [3.05, 3.63) is 48.0 Å². The van der Waals surface area contributed by atoms with Crippen LogP contribution in [-0.2, 0) is 0 Å². The number of aromatic nitrogens is 5. The van der Waals surface area contributed by atoms with Gasteiger partial charge in [0.25, 0.3) is 0 Å². The highest BCUT2D eigenvalue weighted by Crippen LogP contribution is 2.19. The monoisotopic (exact) mass is 281 g/mol. The van der Waals surface area contributed by atoms with Crippen molar-refractivity contribution in [2.45, 2.75) is 13.8 Å². The van der Waals surface area contributed by atoms with Gasteiger partial charge in [-0.25, -0.2) is 20.8 Å². The molecular weight excluding hydrogens is 266 g/mol. The van der Waals surface area contributed by atoms with Crippen LogP contribution in [0.25, 0.3) is 17.2 Å². The van der Waals surface area contributed by atoms with Crippen LogP contribution in [0.3, 0.4) is 0 Å². The van der Waals surface area contributed by atoms with E-state index in [1.54, 1.807) is 10.7 Å². The highest BCUT2D eigenvalue weighted by Gasteiger charge is 2.11. The Hall–Kier alpha value is -2.80. The van der Waals surface area contributed by atoms with Gasteiger partial charge in [0.05, 0.1) is 0 Å². The second-order valence-corrected chi connectivity index (χ2v) is 4.56. The third-order valence-corrected chi connectivity index (χ3v) is 2.98. The third kappa shape index (κ3) is 2.59. The molecular formula is C14H15N7. The number of rotatable bonds is 3. The Kier molecular flexibility index (Phi) is 3.33. The Labute approximate surface area is 121 Å². The molecule has 0 bridgehead atoms. The molecule has 7 heteroatoms. The van der Waals surface area contributed by atoms with Crippen LogP contribution in [-0.4, -0.2) is 24.7 Å². The van der Waals surface area contributed by atoms with Gasteiger partial charge in [0, 0.05) is 11.6 Å². The van der Waals surface area contributed by atoms with E-state index in [1.807, 2.05) is 44.2 Å². The van der Waals surface area contributed by atoms with Crippen LogP contribution in [0.2, 0.25) is 0 Å². The quantitative estimate of drug-likeness (QED) is 0.559. The molecule has 0 aliphatic carbocycles. The first-order valence-corrected chi connectivity index (χ1v) is 6.49. The lowest BCUT2D eigenvalue weighted by molar-refractivity contribution is 0.800. The van der Waals surface area contributed by atoms with Crippen molar-refractivity contribution in [2.24, 2.45) is 5.84 Å². The van der Waals surface area contributed by atoms with Crippen LogP contribution in [0.4, 0.5) is 5.82 Å². The lowest BCUT2D eigenvalue weighted by atomic mass is 10.2. The maximum absolute atomic E-state index is 5.50. The molecule has 3 aromatic rings. The number of hydrogen-bond donors (Lipinski definition) is 2. The minimum Gasteiger partial charge on any atom is -0.308 e. The van der Waals surface area contributed by atoms with Crippen LogP contribution in [0.5, 0.6) is 0 Å². The maximum atomic E-state index is 5.50. The van der Waals surface area contributed by atoms with E-state index in [2.05, 4.69) is 25.5 Å². The van der Waals surface area contributed by atoms with Gasteiger partial charge in [-0.1, -0.05) is 30.3 Å². The van der Waals surface area contributed by atoms with Crippen LogP contribution >= 0.6 is 0 Å². The van der Waals surface area contributed by atoms with E-state index < -0.39 is 0 Å². The number of hydrazine groups is 1. The summed E-state index contributed by atoms with van der Waals surface area (Å²) in [7, 11) is 0. The van der Waals surface area contributed by atoms with Crippen LogP contribution in [0, 0.1) is 13.8 Å². The van der Waals surface area contributed by atoms with Crippen LogP contribution in [0.1, 0.15) is 11.6 Å². The van der Waals surface area contributed by atoms with Crippen molar-refractivity contribution in [1.29, 1.82) is 0 Å². The average molecular weight is 281 g/mol. The second-order valence-electron chi connectivity index (χ2n) is 4.56. The molecule has 0 radical (unpaired) electrons. The van der Waals surface area contributed by atoms with E-state index in [9.17, 15) is 0 Å². The molecule has 0 spiro atoms. The van der Waals surface area contributed by atoms with E-state index in [4.69, 9.17) is 5.84 Å². The van der Waals surface area contributed by atoms with E-state index in [1.165, 1.54) is 0 Å². The van der Waals surface area contributed by atoms with E-state index in [0.29, 0.717) is 23.3 Å². The number of nitrogen functional groups attached to an aromatic ring is 1. The van der Waals surface area contributed by atoms with E-state index in [-0.39, 0.29) is 0 Å². The zero-order valence-corrected chi connectivity index (χ0v) is 11.8. The molecule has 0 aliphatic heterocycles. The van der Waals surface area contributed by atoms with Gasteiger partial charge in [0.2, 0.25) is 0 Å². The van der Waals surface area contributed by atoms with Crippen molar-refractivity contribution in [2.75, 3.05) is 5.43 Å². The predicted molar refractivity (Wildman–Crippen MR) is 79.7 cm³/mol. The summed E-state index contributed by atoms with van der Waals surface area (Å²) in [5.74, 6) is 8.67. The van der Waals surface area contributed by atoms with E-state index in [0.717, 1.165) is 11.4 Å². The van der Waals surface area contributed by atoms with Crippen molar-refractivity contribution in [1.82, 2.24) is 24.7 Å². The number of nitrogens with zero attached hydrogens (tertiary/aromatic N) is 5. The molecule has 7 nitrogen and oxygen atoms in total. The van der Waals surface area contributed by atoms with Crippen LogP contribution < -0.4 is 11.3 Å². The number of anilines is 1. The van der Waals surface area contributed by atoms with Gasteiger partial charge in [0.15, 0.2) is 11.6 Å². The average Bonchev–Trinajstić information content (AvgIpc) is 2.86. The van der Waals surface area contributed by atoms with Gasteiger partial charge in [-0.15, -0.1) is 5.10 Å². The highest BCUT2D eigenvalue weighted by atomic mass is 15.4. The van der Waals surface area contributed by atoms with Gasteiger partial charge >= 0.3 is 0 Å². The summed E-state index contributed by atoms with van der Waals surface area (Å²) in [6, 6.07) is 11.4. The molecule has 0 saturated carbocycles. The van der Waals surface area contributed by atoms with Crippen molar-refractivity contribution < 1.29 is 0 Å². The minimum atomic E-state index is 0.520. The molecule has 2 aromatic heterocycles. The number of nitrogens with one attached hydrogen (secondary N) is 1. The zero-order valence-electron chi connectivity index (χ0n) is 11.8. The Morgan fingerprint density at radius 1 is 1.05 bits per heavy atom. The highest BCUT2D eigenvalue weighted by molar-refractivity contribution is 5.58. The van der Waals surface area contributed by atoms with Gasteiger partial charge in [-0.3, -0.25) is 0 Å². The molecule has 1 aromatic carbocycles. The van der Waals surface area contributed by atoms with E-state index >= 15 is 0 Å². The minimum absolute atomic E-state index is 0.520. The Morgan fingerprint density at radius 2 is 1.81 bits per heavy atom. The summed E-state index contributed by atoms with van der Waals surface area (Å²) >= 11 is 0. The lowest BCUT2D eigenvalue weighted by Crippen LogP contribution is -2.12. The normalized spacial score (nSPS) is 10.6. The summed E-state index contributed by atoms with van der Waals surface area (Å²) in [4.78, 5) is 13.2. The SMILES string of the molecule is Cc1nc(C)n(-c2cc(NN)nc(-c3ccccc3)n2)n1. The zero-order chi connectivity index (χ0) is 14.8. The molecule has 0 unspecified atom stereocenters. The summed E-state index contributed by atoms with van der Waals surface area (Å²) in [6.07, 6.45) is 0. The molecule has 0 aliphatic rings. The van der Waals surface area contributed by atoms with Gasteiger partial charge in [0.1, 0.15) is 17.5 Å². The fourth-order valence-corrected chi connectivity index (χ4v) is 2.07. The second kappa shape index (κ2) is 5.29. The molecule has 0 fully saturated rings. The molecule has 106 valence electrons. The smallest absolute Gasteiger partial charge is 0.164 e. The summed E-state index contributed by atoms with van der Waals surface area (Å²) in [6.45, 7) is 3.71. The standard InChI is InChI=1S/C14H15N7/c1-9-16-10(2)21(20-9)13-8-12(19-15)17-14(18-13)11-6-4-3-5-7-11/h3-8H,15H2,1-2H3,(H,17,18,19). The van der Waals surface area contributed by atoms with Gasteiger partial charge in [-0.05, 0) is 13.8 Å². The van der Waals surface area contributed by atoms with Crippen molar-refractivity contribution in [3.63, 3.8) is 0 Å². The Morgan fingerprint density at radius 3 is 2.43 bits per heavy atom. The number of aryl methyl sites for hydroxylation is 2. The Balaban J connectivity index is 2.16. The molecule has 21 heavy (non-hydrogen) atoms. The molecule has 0 atom stereocenters. The number of benzene rings is 1. The first kappa shape index (κ1) is 13.2. The number of hydrogen-bond acceptors (Lipinski definition) is 6. The fraction of sp³-hybridized carbons (Fsp3) is 0.143. The predicted octanol–water partition coefficient (Wildman–Crippen LogP) is 1.63. The molecule has 3 N–H and O–H groups in total. The lowest BCUT2D eigenvalue weighted by Gasteiger charge is -2.08. The molecule has 0 saturated heterocycles.